The number of rotatable bonds is 2. The highest BCUT2D eigenvalue weighted by Gasteiger charge is 1.80. The molecular weight excluding hydrogens is 248 g/mol. The molecule has 0 aliphatic carbocycles. The fraction of sp³-hybridized carbons (Fsp3) is 0.200. The van der Waals surface area contributed by atoms with Gasteiger partial charge in [-0.05, 0) is 22.9 Å². The van der Waals surface area contributed by atoms with Gasteiger partial charge in [-0.2, -0.15) is 0 Å². The summed E-state index contributed by atoms with van der Waals surface area (Å²) in [5, 5.41) is 6.71. The van der Waals surface area contributed by atoms with Crippen molar-refractivity contribution in [3.63, 3.8) is 0 Å². The zero-order valence-corrected chi connectivity index (χ0v) is 8.03. The molecule has 9 heavy (non-hydrogen) atoms. The van der Waals surface area contributed by atoms with E-state index in [0.29, 0.717) is 4.62 Å². The highest BCUT2D eigenvalue weighted by atomic mass is 79.9. The van der Waals surface area contributed by atoms with Crippen LogP contribution in [-0.2, 0) is 0 Å². The van der Waals surface area contributed by atoms with Gasteiger partial charge in [-0.1, -0.05) is 15.9 Å². The number of nitrogens with zero attached hydrogens (tertiary/aromatic N) is 1. The molecule has 0 aromatic rings. The van der Waals surface area contributed by atoms with Crippen molar-refractivity contribution in [1.29, 1.82) is 5.41 Å². The van der Waals surface area contributed by atoms with Gasteiger partial charge in [-0.15, -0.1) is 0 Å². The average Bonchev–Trinajstić information content (AvgIpc) is 1.83. The molecule has 0 bridgehead atoms. The van der Waals surface area contributed by atoms with Gasteiger partial charge in [0.1, 0.15) is 4.62 Å². The van der Waals surface area contributed by atoms with E-state index < -0.39 is 0 Å². The second-order valence-electron chi connectivity index (χ2n) is 1.31. The Bertz CT molecular complexity index is 156. The topological polar surface area (TPSA) is 36.2 Å². The quantitative estimate of drug-likeness (QED) is 0.735. The van der Waals surface area contributed by atoms with E-state index in [1.807, 2.05) is 6.92 Å². The maximum atomic E-state index is 6.71. The molecular formula is C5H6Br2N2. The van der Waals surface area contributed by atoms with Crippen LogP contribution < -0.4 is 0 Å². The van der Waals surface area contributed by atoms with Gasteiger partial charge >= 0.3 is 0 Å². The molecule has 0 fully saturated rings. The van der Waals surface area contributed by atoms with Gasteiger partial charge in [0.05, 0.1) is 6.21 Å². The molecule has 0 rings (SSSR count). The van der Waals surface area contributed by atoms with E-state index in [-0.39, 0.29) is 0 Å². The summed E-state index contributed by atoms with van der Waals surface area (Å²) >= 11 is 6.24. The third-order valence-electron chi connectivity index (χ3n) is 0.485. The Hall–Kier alpha value is 0.0400. The largest absolute Gasteiger partial charge is 0.306 e. The first-order chi connectivity index (χ1) is 4.16. The number of hydrogen-bond acceptors (Lipinski definition) is 2. The number of hydrogen-bond donors (Lipinski definition) is 1. The monoisotopic (exact) mass is 252 g/mol. The Labute approximate surface area is 70.8 Å². The van der Waals surface area contributed by atoms with Gasteiger partial charge in [0.25, 0.3) is 0 Å². The molecule has 0 aromatic heterocycles. The molecule has 50 valence electrons. The van der Waals surface area contributed by atoms with Gasteiger partial charge < -0.3 is 5.41 Å². The SMILES string of the molecule is C/C(Br)=C\N=C(\Br)C=N. The van der Waals surface area contributed by atoms with Gasteiger partial charge in [0.2, 0.25) is 0 Å². The zero-order chi connectivity index (χ0) is 7.28. The molecule has 0 heterocycles. The molecule has 2 nitrogen and oxygen atoms in total. The van der Waals surface area contributed by atoms with Crippen molar-refractivity contribution in [2.45, 2.75) is 6.92 Å². The van der Waals surface area contributed by atoms with E-state index in [1.54, 1.807) is 6.20 Å². The van der Waals surface area contributed by atoms with Crippen LogP contribution in [0.4, 0.5) is 0 Å². The number of aliphatic imine (C=N–C) groups is 1. The highest BCUT2D eigenvalue weighted by molar-refractivity contribution is 9.19. The Morgan fingerprint density at radius 2 is 2.11 bits per heavy atom. The van der Waals surface area contributed by atoms with Gasteiger partial charge in [0.15, 0.2) is 0 Å². The molecule has 0 saturated heterocycles. The van der Waals surface area contributed by atoms with E-state index in [9.17, 15) is 0 Å². The summed E-state index contributed by atoms with van der Waals surface area (Å²) in [6.45, 7) is 1.87. The van der Waals surface area contributed by atoms with Crippen LogP contribution in [-0.4, -0.2) is 10.8 Å². The predicted molar refractivity (Wildman–Crippen MR) is 47.8 cm³/mol. The van der Waals surface area contributed by atoms with Crippen molar-refractivity contribution in [3.05, 3.63) is 10.7 Å². The molecule has 1 N–H and O–H groups in total. The van der Waals surface area contributed by atoms with Crippen LogP contribution in [0.5, 0.6) is 0 Å². The second-order valence-corrected chi connectivity index (χ2v) is 3.38. The molecule has 0 aromatic carbocycles. The maximum absolute atomic E-state index is 6.71. The Kier molecular flexibility index (Phi) is 4.90. The summed E-state index contributed by atoms with van der Waals surface area (Å²) in [7, 11) is 0. The summed E-state index contributed by atoms with van der Waals surface area (Å²) in [6, 6.07) is 0. The van der Waals surface area contributed by atoms with Crippen molar-refractivity contribution >= 4 is 42.7 Å². The van der Waals surface area contributed by atoms with Crippen LogP contribution in [0.1, 0.15) is 6.92 Å². The first-order valence-corrected chi connectivity index (χ1v) is 3.81. The number of nitrogens with one attached hydrogen (secondary N) is 1. The van der Waals surface area contributed by atoms with Crippen molar-refractivity contribution in [3.8, 4) is 0 Å². The predicted octanol–water partition coefficient (Wildman–Crippen LogP) is 2.69. The summed E-state index contributed by atoms with van der Waals surface area (Å²) in [5.41, 5.74) is 0. The molecule has 0 spiro atoms. The lowest BCUT2D eigenvalue weighted by molar-refractivity contribution is 1.52. The Morgan fingerprint density at radius 1 is 1.56 bits per heavy atom. The molecule has 4 heteroatoms. The summed E-state index contributed by atoms with van der Waals surface area (Å²) in [6.07, 6.45) is 2.75. The minimum Gasteiger partial charge on any atom is -0.306 e. The van der Waals surface area contributed by atoms with E-state index in [4.69, 9.17) is 5.41 Å². The zero-order valence-electron chi connectivity index (χ0n) is 4.86. The standard InChI is InChI=1S/C5H6Br2N2/c1-4(6)3-9-5(7)2-8/h2-3,8H,1H3/b4-3+,8-2?,9-5+. The van der Waals surface area contributed by atoms with Gasteiger partial charge in [0, 0.05) is 10.7 Å². The third-order valence-corrected chi connectivity index (χ3v) is 1.12. The minimum absolute atomic E-state index is 0.515. The molecule has 0 atom stereocenters. The van der Waals surface area contributed by atoms with Crippen LogP contribution in [0.25, 0.3) is 0 Å². The highest BCUT2D eigenvalue weighted by Crippen LogP contribution is 2.01. The van der Waals surface area contributed by atoms with E-state index in [2.05, 4.69) is 36.9 Å². The summed E-state index contributed by atoms with van der Waals surface area (Å²) < 4.78 is 1.45. The first kappa shape index (κ1) is 9.04. The Morgan fingerprint density at radius 3 is 2.44 bits per heavy atom. The lowest BCUT2D eigenvalue weighted by Gasteiger charge is -1.81. The van der Waals surface area contributed by atoms with Crippen LogP contribution in [0.15, 0.2) is 15.7 Å². The lowest BCUT2D eigenvalue weighted by atomic mass is 10.7. The van der Waals surface area contributed by atoms with Crippen LogP contribution in [0, 0.1) is 5.41 Å². The maximum Gasteiger partial charge on any atom is 0.123 e. The van der Waals surface area contributed by atoms with Gasteiger partial charge in [-0.3, -0.25) is 0 Å². The van der Waals surface area contributed by atoms with E-state index in [0.717, 1.165) is 10.7 Å². The molecule has 0 unspecified atom stereocenters. The van der Waals surface area contributed by atoms with E-state index in [1.165, 1.54) is 0 Å². The van der Waals surface area contributed by atoms with Crippen LogP contribution in [0.3, 0.4) is 0 Å². The van der Waals surface area contributed by atoms with Crippen LogP contribution >= 0.6 is 31.9 Å². The van der Waals surface area contributed by atoms with Crippen molar-refractivity contribution in [2.75, 3.05) is 0 Å². The minimum atomic E-state index is 0.515. The fourth-order valence-electron chi connectivity index (χ4n) is 0.188. The molecule has 0 aliphatic rings. The Balaban J connectivity index is 3.98. The number of allylic oxidation sites excluding steroid dienone is 1. The number of halogens is 2. The molecule has 0 aliphatic heterocycles. The van der Waals surface area contributed by atoms with Crippen molar-refractivity contribution < 1.29 is 0 Å². The molecule has 0 amide bonds. The van der Waals surface area contributed by atoms with Crippen molar-refractivity contribution in [2.24, 2.45) is 4.99 Å². The first-order valence-electron chi connectivity index (χ1n) is 2.23. The lowest BCUT2D eigenvalue weighted by Crippen LogP contribution is -1.81. The third kappa shape index (κ3) is 5.92. The normalized spacial score (nSPS) is 13.7. The fourth-order valence-corrected chi connectivity index (χ4v) is 0.393. The van der Waals surface area contributed by atoms with E-state index >= 15 is 0 Å². The van der Waals surface area contributed by atoms with Gasteiger partial charge in [-0.25, -0.2) is 4.99 Å². The van der Waals surface area contributed by atoms with Crippen molar-refractivity contribution in [1.82, 2.24) is 0 Å². The smallest absolute Gasteiger partial charge is 0.123 e. The second kappa shape index (κ2) is 4.88. The average molecular weight is 254 g/mol. The molecule has 0 radical (unpaired) electrons. The molecule has 0 saturated carbocycles. The van der Waals surface area contributed by atoms with Crippen LogP contribution in [0.2, 0.25) is 0 Å². The summed E-state index contributed by atoms with van der Waals surface area (Å²) in [4.78, 5) is 3.82. The summed E-state index contributed by atoms with van der Waals surface area (Å²) in [5.74, 6) is 0.